The van der Waals surface area contributed by atoms with E-state index in [1.54, 1.807) is 7.11 Å². The van der Waals surface area contributed by atoms with Crippen molar-refractivity contribution >= 4 is 43.2 Å². The molecule has 0 fully saturated rings. The van der Waals surface area contributed by atoms with E-state index in [-0.39, 0.29) is 4.90 Å². The van der Waals surface area contributed by atoms with E-state index in [2.05, 4.69) is 4.99 Å². The topological polar surface area (TPSA) is 81.0 Å². The molecular weight excluding hydrogens is 470 g/mol. The lowest BCUT2D eigenvalue weighted by Crippen LogP contribution is -2.29. The number of benzene rings is 3. The van der Waals surface area contributed by atoms with Gasteiger partial charge in [0.05, 0.1) is 27.4 Å². The summed E-state index contributed by atoms with van der Waals surface area (Å²) in [5, 5.41) is 0. The van der Waals surface area contributed by atoms with Gasteiger partial charge in [-0.3, -0.25) is 9.10 Å². The molecule has 9 heteroatoms. The minimum atomic E-state index is -3.71. The Morgan fingerprint density at radius 1 is 1.03 bits per heavy atom. The summed E-state index contributed by atoms with van der Waals surface area (Å²) in [6, 6.07) is 21.4. The Morgan fingerprint density at radius 2 is 1.76 bits per heavy atom. The van der Waals surface area contributed by atoms with Crippen LogP contribution >= 0.6 is 11.3 Å². The fourth-order valence-electron chi connectivity index (χ4n) is 4.11. The number of hydrogen-bond acceptors (Lipinski definition) is 5. The van der Waals surface area contributed by atoms with Gasteiger partial charge in [0.25, 0.3) is 15.9 Å². The van der Waals surface area contributed by atoms with Gasteiger partial charge >= 0.3 is 0 Å². The van der Waals surface area contributed by atoms with E-state index in [9.17, 15) is 13.2 Å². The van der Waals surface area contributed by atoms with Gasteiger partial charge in [-0.05, 0) is 54.4 Å². The summed E-state index contributed by atoms with van der Waals surface area (Å²) >= 11 is 1.43. The van der Waals surface area contributed by atoms with Crippen LogP contribution in [0.2, 0.25) is 0 Å². The third-order valence-electron chi connectivity index (χ3n) is 5.84. The predicted molar refractivity (Wildman–Crippen MR) is 133 cm³/mol. The van der Waals surface area contributed by atoms with Gasteiger partial charge in [0.15, 0.2) is 4.80 Å². The molecule has 2 heterocycles. The van der Waals surface area contributed by atoms with Crippen molar-refractivity contribution < 1.29 is 17.9 Å². The van der Waals surface area contributed by atoms with Crippen LogP contribution in [-0.2, 0) is 27.7 Å². The number of amides is 1. The molecular formula is C25H23N3O4S2. The average Bonchev–Trinajstić information content (AvgIpc) is 3.44. The van der Waals surface area contributed by atoms with Crippen molar-refractivity contribution in [3.8, 4) is 0 Å². The number of rotatable bonds is 6. The SMILES string of the molecule is COCCn1c(=NC(=O)c2ccc(S(=O)(=O)N3CCc4ccccc43)cc2)sc2ccccc21. The van der Waals surface area contributed by atoms with E-state index >= 15 is 0 Å². The van der Waals surface area contributed by atoms with Crippen LogP contribution in [0.25, 0.3) is 10.2 Å². The van der Waals surface area contributed by atoms with E-state index < -0.39 is 15.9 Å². The molecule has 3 aromatic carbocycles. The van der Waals surface area contributed by atoms with Crippen LogP contribution in [-0.4, -0.2) is 39.2 Å². The van der Waals surface area contributed by atoms with Gasteiger partial charge in [-0.25, -0.2) is 8.42 Å². The number of nitrogens with zero attached hydrogens (tertiary/aromatic N) is 3. The molecule has 1 aliphatic rings. The van der Waals surface area contributed by atoms with Gasteiger partial charge in [0, 0.05) is 25.8 Å². The Bertz CT molecular complexity index is 1540. The van der Waals surface area contributed by atoms with Crippen LogP contribution in [0.3, 0.4) is 0 Å². The third-order valence-corrected chi connectivity index (χ3v) is 8.73. The van der Waals surface area contributed by atoms with Crippen molar-refractivity contribution in [2.75, 3.05) is 24.6 Å². The zero-order valence-electron chi connectivity index (χ0n) is 18.5. The summed E-state index contributed by atoms with van der Waals surface area (Å²) in [5.41, 5.74) is 3.05. The third kappa shape index (κ3) is 4.06. The molecule has 0 saturated carbocycles. The largest absolute Gasteiger partial charge is 0.383 e. The van der Waals surface area contributed by atoms with Gasteiger partial charge in [-0.15, -0.1) is 0 Å². The zero-order chi connectivity index (χ0) is 23.7. The fourth-order valence-corrected chi connectivity index (χ4v) is 6.67. The maximum absolute atomic E-state index is 13.2. The highest BCUT2D eigenvalue weighted by molar-refractivity contribution is 7.92. The molecule has 0 spiro atoms. The lowest BCUT2D eigenvalue weighted by molar-refractivity contribution is 0.0997. The number of hydrogen-bond donors (Lipinski definition) is 0. The van der Waals surface area contributed by atoms with Crippen LogP contribution in [0.4, 0.5) is 5.69 Å². The number of sulfonamides is 1. The smallest absolute Gasteiger partial charge is 0.279 e. The first-order valence-electron chi connectivity index (χ1n) is 10.9. The maximum atomic E-state index is 13.2. The van der Waals surface area contributed by atoms with Crippen LogP contribution in [0, 0.1) is 0 Å². The van der Waals surface area contributed by atoms with Crippen LogP contribution in [0.5, 0.6) is 0 Å². The lowest BCUT2D eigenvalue weighted by Gasteiger charge is -2.19. The second kappa shape index (κ2) is 9.17. The summed E-state index contributed by atoms with van der Waals surface area (Å²) in [6.07, 6.45) is 0.684. The standard InChI is InChI=1S/C25H23N3O4S2/c1-32-17-16-27-22-8-4-5-9-23(22)33-25(27)26-24(29)19-10-12-20(13-11-19)34(30,31)28-15-14-18-6-2-3-7-21(18)28/h2-13H,14-17H2,1H3. The van der Waals surface area contributed by atoms with E-state index in [4.69, 9.17) is 4.74 Å². The van der Waals surface area contributed by atoms with Gasteiger partial charge in [-0.1, -0.05) is 41.7 Å². The van der Waals surface area contributed by atoms with E-state index in [0.29, 0.717) is 42.2 Å². The molecule has 4 aromatic rings. The Morgan fingerprint density at radius 3 is 2.56 bits per heavy atom. The Hall–Kier alpha value is -3.27. The van der Waals surface area contributed by atoms with Crippen LogP contribution in [0.15, 0.2) is 82.7 Å². The quantitative estimate of drug-likeness (QED) is 0.409. The Kier molecular flexibility index (Phi) is 6.07. The molecule has 0 saturated heterocycles. The molecule has 0 bridgehead atoms. The minimum Gasteiger partial charge on any atom is -0.383 e. The van der Waals surface area contributed by atoms with Crippen molar-refractivity contribution in [1.82, 2.24) is 4.57 Å². The molecule has 0 atom stereocenters. The maximum Gasteiger partial charge on any atom is 0.279 e. The second-order valence-corrected chi connectivity index (χ2v) is 10.8. The van der Waals surface area contributed by atoms with E-state index in [0.717, 1.165) is 15.8 Å². The number of thiazole rings is 1. The van der Waals surface area contributed by atoms with Crippen molar-refractivity contribution in [2.45, 2.75) is 17.9 Å². The van der Waals surface area contributed by atoms with Crippen molar-refractivity contribution in [2.24, 2.45) is 4.99 Å². The highest BCUT2D eigenvalue weighted by Crippen LogP contribution is 2.32. The lowest BCUT2D eigenvalue weighted by atomic mass is 10.2. The number of para-hydroxylation sites is 2. The predicted octanol–water partition coefficient (Wildman–Crippen LogP) is 3.84. The zero-order valence-corrected chi connectivity index (χ0v) is 20.2. The molecule has 34 heavy (non-hydrogen) atoms. The van der Waals surface area contributed by atoms with Crippen LogP contribution < -0.4 is 9.11 Å². The highest BCUT2D eigenvalue weighted by Gasteiger charge is 2.30. The van der Waals surface area contributed by atoms with E-state index in [1.165, 1.54) is 39.9 Å². The summed E-state index contributed by atoms with van der Waals surface area (Å²) in [4.78, 5) is 18.0. The summed E-state index contributed by atoms with van der Waals surface area (Å²) in [7, 11) is -2.08. The monoisotopic (exact) mass is 493 g/mol. The molecule has 0 radical (unpaired) electrons. The molecule has 5 rings (SSSR count). The average molecular weight is 494 g/mol. The first-order valence-corrected chi connectivity index (χ1v) is 13.1. The van der Waals surface area contributed by atoms with Gasteiger partial charge in [-0.2, -0.15) is 4.99 Å². The first-order chi connectivity index (χ1) is 16.5. The molecule has 1 amide bonds. The molecule has 1 aliphatic heterocycles. The molecule has 0 N–H and O–H groups in total. The normalized spacial score (nSPS) is 14.0. The highest BCUT2D eigenvalue weighted by atomic mass is 32.2. The summed E-state index contributed by atoms with van der Waals surface area (Å²) in [5.74, 6) is -0.423. The number of anilines is 1. The Balaban J connectivity index is 1.45. The van der Waals surface area contributed by atoms with Crippen molar-refractivity contribution in [3.63, 3.8) is 0 Å². The number of aromatic nitrogens is 1. The number of methoxy groups -OCH3 is 1. The number of carbonyl (C=O) groups excluding carboxylic acids is 1. The van der Waals surface area contributed by atoms with Crippen molar-refractivity contribution in [1.29, 1.82) is 0 Å². The summed E-state index contributed by atoms with van der Waals surface area (Å²) < 4.78 is 36.1. The second-order valence-electron chi connectivity index (χ2n) is 7.89. The fraction of sp³-hybridized carbons (Fsp3) is 0.200. The number of ether oxygens (including phenoxy) is 1. The van der Waals surface area contributed by atoms with Gasteiger partial charge in [0.2, 0.25) is 0 Å². The molecule has 0 unspecified atom stereocenters. The van der Waals surface area contributed by atoms with Gasteiger partial charge in [0.1, 0.15) is 0 Å². The minimum absolute atomic E-state index is 0.151. The first kappa shape index (κ1) is 22.5. The van der Waals surface area contributed by atoms with Gasteiger partial charge < -0.3 is 9.30 Å². The molecule has 7 nitrogen and oxygen atoms in total. The Labute approximate surface area is 201 Å². The van der Waals surface area contributed by atoms with Crippen molar-refractivity contribution in [3.05, 3.63) is 88.7 Å². The molecule has 1 aromatic heterocycles. The molecule has 0 aliphatic carbocycles. The number of carbonyl (C=O) groups is 1. The molecule has 174 valence electrons. The van der Waals surface area contributed by atoms with Crippen LogP contribution in [0.1, 0.15) is 15.9 Å². The number of fused-ring (bicyclic) bond motifs is 2. The summed E-state index contributed by atoms with van der Waals surface area (Å²) in [6.45, 7) is 1.47. The van der Waals surface area contributed by atoms with E-state index in [1.807, 2.05) is 53.1 Å².